The molecular weight excluding hydrogens is 286 g/mol. The highest BCUT2D eigenvalue weighted by Gasteiger charge is 2.33. The first-order valence-electron chi connectivity index (χ1n) is 7.11. The Kier molecular flexibility index (Phi) is 6.27. The molecule has 5 heteroatoms. The molecule has 0 saturated heterocycles. The van der Waals surface area contributed by atoms with Gasteiger partial charge in [0.1, 0.15) is 5.54 Å². The van der Waals surface area contributed by atoms with Crippen molar-refractivity contribution in [2.45, 2.75) is 56.2 Å². The zero-order chi connectivity index (χ0) is 16.0. The van der Waals surface area contributed by atoms with E-state index in [2.05, 4.69) is 19.2 Å². The van der Waals surface area contributed by atoms with Crippen molar-refractivity contribution in [3.8, 4) is 0 Å². The van der Waals surface area contributed by atoms with Crippen LogP contribution in [0.3, 0.4) is 0 Å². The molecule has 1 aromatic rings. The lowest BCUT2D eigenvalue weighted by molar-refractivity contribution is -0.144. The third-order valence-electron chi connectivity index (χ3n) is 3.10. The van der Waals surface area contributed by atoms with Crippen LogP contribution in [0.15, 0.2) is 29.2 Å². The second-order valence-electron chi connectivity index (χ2n) is 5.53. The lowest BCUT2D eigenvalue weighted by atomic mass is 9.96. The number of amides is 1. The Balaban J connectivity index is 2.81. The fraction of sp³-hybridized carbons (Fsp3) is 0.500. The molecule has 2 N–H and O–H groups in total. The highest BCUT2D eigenvalue weighted by atomic mass is 32.2. The first-order chi connectivity index (χ1) is 9.78. The molecule has 1 rings (SSSR count). The van der Waals surface area contributed by atoms with Crippen molar-refractivity contribution >= 4 is 23.6 Å². The van der Waals surface area contributed by atoms with Crippen LogP contribution in [0.2, 0.25) is 0 Å². The summed E-state index contributed by atoms with van der Waals surface area (Å²) in [6, 6.07) is 7.23. The van der Waals surface area contributed by atoms with Gasteiger partial charge in [-0.05, 0) is 37.6 Å². The molecule has 0 heterocycles. The molecule has 21 heavy (non-hydrogen) atoms. The molecule has 0 radical (unpaired) electrons. The number of carboxylic acids is 1. The molecule has 0 spiro atoms. The van der Waals surface area contributed by atoms with Crippen LogP contribution in [0.5, 0.6) is 0 Å². The minimum Gasteiger partial charge on any atom is -0.480 e. The van der Waals surface area contributed by atoms with Crippen molar-refractivity contribution in [3.05, 3.63) is 29.8 Å². The second kappa shape index (κ2) is 7.50. The molecule has 1 aromatic carbocycles. The number of benzene rings is 1. The fourth-order valence-corrected chi connectivity index (χ4v) is 2.84. The van der Waals surface area contributed by atoms with Crippen molar-refractivity contribution in [3.63, 3.8) is 0 Å². The molecule has 0 aromatic heterocycles. The molecule has 1 atom stereocenters. The van der Waals surface area contributed by atoms with Gasteiger partial charge in [-0.2, -0.15) is 0 Å². The van der Waals surface area contributed by atoms with E-state index in [-0.39, 0.29) is 5.91 Å². The largest absolute Gasteiger partial charge is 0.480 e. The molecule has 1 unspecified atom stereocenters. The normalized spacial score (nSPS) is 13.8. The highest BCUT2D eigenvalue weighted by molar-refractivity contribution is 7.99. The minimum atomic E-state index is -1.23. The summed E-state index contributed by atoms with van der Waals surface area (Å²) in [5.74, 6) is -1.36. The van der Waals surface area contributed by atoms with Crippen molar-refractivity contribution < 1.29 is 14.7 Å². The number of thioether (sulfide) groups is 1. The van der Waals surface area contributed by atoms with Gasteiger partial charge in [0.05, 0.1) is 0 Å². The Morgan fingerprint density at radius 1 is 1.29 bits per heavy atom. The second-order valence-corrected chi connectivity index (χ2v) is 7.18. The Bertz CT molecular complexity index is 499. The lowest BCUT2D eigenvalue weighted by Crippen LogP contribution is -2.52. The van der Waals surface area contributed by atoms with Gasteiger partial charge in [-0.15, -0.1) is 11.8 Å². The summed E-state index contributed by atoms with van der Waals surface area (Å²) in [5.41, 5.74) is -0.747. The predicted molar refractivity (Wildman–Crippen MR) is 85.9 cm³/mol. The van der Waals surface area contributed by atoms with Crippen LogP contribution < -0.4 is 5.32 Å². The van der Waals surface area contributed by atoms with Crippen molar-refractivity contribution in [2.75, 3.05) is 0 Å². The van der Waals surface area contributed by atoms with Crippen LogP contribution in [-0.2, 0) is 4.79 Å². The third-order valence-corrected chi connectivity index (χ3v) is 4.12. The topological polar surface area (TPSA) is 66.4 Å². The average Bonchev–Trinajstić information content (AvgIpc) is 2.38. The van der Waals surface area contributed by atoms with E-state index >= 15 is 0 Å². The number of hydrogen-bond donors (Lipinski definition) is 2. The third kappa shape index (κ3) is 5.08. The van der Waals surface area contributed by atoms with Gasteiger partial charge in [-0.1, -0.05) is 27.2 Å². The Hall–Kier alpha value is -1.49. The van der Waals surface area contributed by atoms with Gasteiger partial charge < -0.3 is 10.4 Å². The van der Waals surface area contributed by atoms with Gasteiger partial charge in [0.25, 0.3) is 5.91 Å². The number of carbonyl (C=O) groups excluding carboxylic acids is 1. The van der Waals surface area contributed by atoms with Crippen molar-refractivity contribution in [1.82, 2.24) is 5.32 Å². The molecule has 1 amide bonds. The molecular formula is C16H23NO3S. The predicted octanol–water partition coefficient (Wildman–Crippen LogP) is 3.56. The first-order valence-corrected chi connectivity index (χ1v) is 7.99. The van der Waals surface area contributed by atoms with Crippen LogP contribution in [0.4, 0.5) is 0 Å². The summed E-state index contributed by atoms with van der Waals surface area (Å²) in [6.07, 6.45) is 1.09. The number of nitrogens with one attached hydrogen (secondary N) is 1. The van der Waals surface area contributed by atoms with Crippen molar-refractivity contribution in [2.24, 2.45) is 0 Å². The van der Waals surface area contributed by atoms with Gasteiger partial charge in [0.15, 0.2) is 0 Å². The zero-order valence-corrected chi connectivity index (χ0v) is 13.8. The van der Waals surface area contributed by atoms with Gasteiger partial charge in [-0.25, -0.2) is 4.79 Å². The van der Waals surface area contributed by atoms with Gasteiger partial charge in [0.2, 0.25) is 0 Å². The molecule has 0 bridgehead atoms. The number of hydrogen-bond acceptors (Lipinski definition) is 3. The van der Waals surface area contributed by atoms with E-state index < -0.39 is 11.5 Å². The monoisotopic (exact) mass is 309 g/mol. The Morgan fingerprint density at radius 3 is 2.29 bits per heavy atom. The SMILES string of the molecule is CCCC(C)(NC(=O)c1ccc(SC(C)C)cc1)C(=O)O. The quantitative estimate of drug-likeness (QED) is 0.756. The Morgan fingerprint density at radius 2 is 1.86 bits per heavy atom. The smallest absolute Gasteiger partial charge is 0.329 e. The minimum absolute atomic E-state index is 0.352. The number of aliphatic carboxylic acids is 1. The fourth-order valence-electron chi connectivity index (χ4n) is 2.00. The maximum absolute atomic E-state index is 12.2. The zero-order valence-electron chi connectivity index (χ0n) is 13.0. The van der Waals surface area contributed by atoms with Crippen LogP contribution in [0, 0.1) is 0 Å². The molecule has 116 valence electrons. The van der Waals surface area contributed by atoms with E-state index in [9.17, 15) is 14.7 Å². The molecule has 0 fully saturated rings. The summed E-state index contributed by atoms with van der Waals surface area (Å²) >= 11 is 1.72. The van der Waals surface area contributed by atoms with Crippen LogP contribution >= 0.6 is 11.8 Å². The molecule has 0 aliphatic rings. The van der Waals surface area contributed by atoms with E-state index in [1.54, 1.807) is 30.8 Å². The Labute approximate surface area is 130 Å². The standard InChI is InChI=1S/C16H23NO3S/c1-5-10-16(4,15(19)20)17-14(18)12-6-8-13(9-7-12)21-11(2)3/h6-9,11H,5,10H2,1-4H3,(H,17,18)(H,19,20). The molecule has 0 aliphatic heterocycles. The van der Waals surface area contributed by atoms with Crippen LogP contribution in [-0.4, -0.2) is 27.8 Å². The summed E-state index contributed by atoms with van der Waals surface area (Å²) in [5, 5.41) is 12.4. The van der Waals surface area contributed by atoms with E-state index in [0.29, 0.717) is 23.7 Å². The molecule has 0 saturated carbocycles. The van der Waals surface area contributed by atoms with Gasteiger partial charge >= 0.3 is 5.97 Å². The number of carboxylic acid groups (broad SMARTS) is 1. The summed E-state index contributed by atoms with van der Waals surface area (Å²) in [7, 11) is 0. The number of carbonyl (C=O) groups is 2. The lowest BCUT2D eigenvalue weighted by Gasteiger charge is -2.25. The van der Waals surface area contributed by atoms with Crippen LogP contribution in [0.25, 0.3) is 0 Å². The molecule has 0 aliphatic carbocycles. The highest BCUT2D eigenvalue weighted by Crippen LogP contribution is 2.23. The number of rotatable bonds is 7. The van der Waals surface area contributed by atoms with Gasteiger partial charge in [0, 0.05) is 15.7 Å². The van der Waals surface area contributed by atoms with Crippen LogP contribution in [0.1, 0.15) is 50.9 Å². The van der Waals surface area contributed by atoms with Crippen molar-refractivity contribution in [1.29, 1.82) is 0 Å². The first kappa shape index (κ1) is 17.6. The maximum atomic E-state index is 12.2. The molecule has 4 nitrogen and oxygen atoms in total. The van der Waals surface area contributed by atoms with E-state index in [1.807, 2.05) is 19.1 Å². The maximum Gasteiger partial charge on any atom is 0.329 e. The van der Waals surface area contributed by atoms with Gasteiger partial charge in [-0.3, -0.25) is 4.79 Å². The summed E-state index contributed by atoms with van der Waals surface area (Å²) < 4.78 is 0. The summed E-state index contributed by atoms with van der Waals surface area (Å²) in [6.45, 7) is 7.65. The summed E-state index contributed by atoms with van der Waals surface area (Å²) in [4.78, 5) is 24.6. The average molecular weight is 309 g/mol. The van der Waals surface area contributed by atoms with E-state index in [1.165, 1.54) is 0 Å². The van der Waals surface area contributed by atoms with E-state index in [4.69, 9.17) is 0 Å². The van der Waals surface area contributed by atoms with E-state index in [0.717, 1.165) is 4.90 Å².